The number of guanidine groups is 1. The second-order valence-corrected chi connectivity index (χ2v) is 7.50. The van der Waals surface area contributed by atoms with E-state index in [0.29, 0.717) is 36.7 Å². The molecule has 0 fully saturated rings. The molecule has 1 aliphatic heterocycles. The van der Waals surface area contributed by atoms with Crippen LogP contribution in [0.3, 0.4) is 0 Å². The third kappa shape index (κ3) is 4.45. The van der Waals surface area contributed by atoms with E-state index in [2.05, 4.69) is 20.7 Å². The van der Waals surface area contributed by atoms with Crippen molar-refractivity contribution in [3.05, 3.63) is 27.2 Å². The topological polar surface area (TPSA) is 58.1 Å². The summed E-state index contributed by atoms with van der Waals surface area (Å²) in [5.41, 5.74) is 6.94. The molecule has 6 nitrogen and oxygen atoms in total. The van der Waals surface area contributed by atoms with Crippen molar-refractivity contribution in [1.29, 1.82) is 0 Å². The standard InChI is InChI=1S/C19H28Cl2N4O2/c1-4-26-16(27-5-2)10-23-19(22-3)24-25-11-12-7-6-8-13-14(20)9-15(21)18(25)17(12)13/h9,12,16H,4-8,10-11H2,1-3H3,(H2,22,23,24). The van der Waals surface area contributed by atoms with Gasteiger partial charge in [-0.2, -0.15) is 0 Å². The lowest BCUT2D eigenvalue weighted by molar-refractivity contribution is -0.131. The first-order valence-electron chi connectivity index (χ1n) is 9.57. The Kier molecular flexibility index (Phi) is 7.09. The molecule has 0 amide bonds. The average Bonchev–Trinajstić information content (AvgIpc) is 3.02. The predicted molar refractivity (Wildman–Crippen MR) is 111 cm³/mol. The fourth-order valence-electron chi connectivity index (χ4n) is 3.91. The van der Waals surface area contributed by atoms with Crippen LogP contribution in [0, 0.1) is 0 Å². The lowest BCUT2D eigenvalue weighted by Crippen LogP contribution is -2.50. The number of halogens is 2. The number of hydrazine groups is 1. The molecule has 0 aromatic heterocycles. The average molecular weight is 415 g/mol. The molecule has 150 valence electrons. The Morgan fingerprint density at radius 3 is 2.70 bits per heavy atom. The van der Waals surface area contributed by atoms with Gasteiger partial charge in [0.15, 0.2) is 6.29 Å². The van der Waals surface area contributed by atoms with Gasteiger partial charge in [-0.15, -0.1) is 0 Å². The largest absolute Gasteiger partial charge is 0.351 e. The maximum Gasteiger partial charge on any atom is 0.210 e. The van der Waals surface area contributed by atoms with Crippen molar-refractivity contribution >= 4 is 34.8 Å². The van der Waals surface area contributed by atoms with E-state index in [1.807, 2.05) is 19.9 Å². The van der Waals surface area contributed by atoms with Crippen LogP contribution in [0.2, 0.25) is 10.0 Å². The number of benzene rings is 1. The van der Waals surface area contributed by atoms with E-state index < -0.39 is 0 Å². The monoisotopic (exact) mass is 414 g/mol. The predicted octanol–water partition coefficient (Wildman–Crippen LogP) is 3.71. The molecule has 0 radical (unpaired) electrons. The summed E-state index contributed by atoms with van der Waals surface area (Å²) in [7, 11) is 1.74. The van der Waals surface area contributed by atoms with Crippen LogP contribution < -0.4 is 15.8 Å². The van der Waals surface area contributed by atoms with Gasteiger partial charge in [-0.05, 0) is 50.3 Å². The molecule has 0 spiro atoms. The Morgan fingerprint density at radius 2 is 2.04 bits per heavy atom. The first-order valence-corrected chi connectivity index (χ1v) is 10.3. The molecule has 1 heterocycles. The normalized spacial score (nSPS) is 18.8. The van der Waals surface area contributed by atoms with Crippen molar-refractivity contribution in [2.24, 2.45) is 4.99 Å². The van der Waals surface area contributed by atoms with E-state index >= 15 is 0 Å². The van der Waals surface area contributed by atoms with Crippen molar-refractivity contribution in [2.75, 3.05) is 38.4 Å². The van der Waals surface area contributed by atoms with Crippen molar-refractivity contribution in [3.8, 4) is 0 Å². The highest BCUT2D eigenvalue weighted by atomic mass is 35.5. The minimum Gasteiger partial charge on any atom is -0.351 e. The van der Waals surface area contributed by atoms with Crippen LogP contribution >= 0.6 is 23.2 Å². The highest BCUT2D eigenvalue weighted by molar-refractivity contribution is 6.37. The number of aliphatic imine (C=N–C) groups is 1. The lowest BCUT2D eigenvalue weighted by Gasteiger charge is -2.25. The second-order valence-electron chi connectivity index (χ2n) is 6.69. The molecule has 27 heavy (non-hydrogen) atoms. The zero-order chi connectivity index (χ0) is 19.4. The molecule has 1 aromatic carbocycles. The second kappa shape index (κ2) is 9.32. The fraction of sp³-hybridized carbons (Fsp3) is 0.632. The van der Waals surface area contributed by atoms with Gasteiger partial charge in [-0.25, -0.2) is 0 Å². The minimum atomic E-state index is -0.312. The number of rotatable bonds is 7. The summed E-state index contributed by atoms with van der Waals surface area (Å²) < 4.78 is 11.2. The van der Waals surface area contributed by atoms with E-state index in [0.717, 1.165) is 36.5 Å². The SMILES string of the molecule is CCOC(CNC(=NC)NN1CC2CCCc3c(Cl)cc(Cl)c1c32)OCC. The molecular weight excluding hydrogens is 387 g/mol. The van der Waals surface area contributed by atoms with Crippen molar-refractivity contribution in [3.63, 3.8) is 0 Å². The first-order chi connectivity index (χ1) is 13.1. The maximum absolute atomic E-state index is 6.56. The van der Waals surface area contributed by atoms with Gasteiger partial charge in [0.2, 0.25) is 5.96 Å². The van der Waals surface area contributed by atoms with Crippen LogP contribution in [0.25, 0.3) is 0 Å². The molecule has 1 atom stereocenters. The van der Waals surface area contributed by atoms with Gasteiger partial charge in [0.25, 0.3) is 0 Å². The zero-order valence-corrected chi connectivity index (χ0v) is 17.7. The molecule has 0 bridgehead atoms. The molecule has 8 heteroatoms. The quantitative estimate of drug-likeness (QED) is 0.404. The van der Waals surface area contributed by atoms with E-state index in [-0.39, 0.29) is 6.29 Å². The Morgan fingerprint density at radius 1 is 1.30 bits per heavy atom. The van der Waals surface area contributed by atoms with Crippen LogP contribution in [-0.2, 0) is 15.9 Å². The molecule has 2 aliphatic rings. The van der Waals surface area contributed by atoms with Crippen LogP contribution in [0.1, 0.15) is 43.7 Å². The summed E-state index contributed by atoms with van der Waals surface area (Å²) in [6, 6.07) is 1.86. The van der Waals surface area contributed by atoms with Crippen LogP contribution in [0.15, 0.2) is 11.1 Å². The van der Waals surface area contributed by atoms with Crippen LogP contribution in [0.4, 0.5) is 5.69 Å². The molecular formula is C19H28Cl2N4O2. The Labute approximate surface area is 171 Å². The summed E-state index contributed by atoms with van der Waals surface area (Å²) in [6.45, 7) is 6.45. The number of ether oxygens (including phenoxy) is 2. The maximum atomic E-state index is 6.56. The summed E-state index contributed by atoms with van der Waals surface area (Å²) >= 11 is 13.0. The molecule has 2 N–H and O–H groups in total. The Balaban J connectivity index is 1.72. The van der Waals surface area contributed by atoms with Gasteiger partial charge in [0, 0.05) is 37.7 Å². The molecule has 0 saturated carbocycles. The van der Waals surface area contributed by atoms with Crippen LogP contribution in [-0.4, -0.2) is 45.6 Å². The van der Waals surface area contributed by atoms with Crippen molar-refractivity contribution < 1.29 is 9.47 Å². The molecule has 0 saturated heterocycles. The van der Waals surface area contributed by atoms with Gasteiger partial charge < -0.3 is 14.8 Å². The van der Waals surface area contributed by atoms with Crippen molar-refractivity contribution in [1.82, 2.24) is 10.7 Å². The third-order valence-electron chi connectivity index (χ3n) is 5.01. The highest BCUT2D eigenvalue weighted by Crippen LogP contribution is 2.49. The Hall–Kier alpha value is -1.21. The lowest BCUT2D eigenvalue weighted by atomic mass is 9.84. The highest BCUT2D eigenvalue weighted by Gasteiger charge is 2.36. The number of nitrogens with one attached hydrogen (secondary N) is 2. The summed E-state index contributed by atoms with van der Waals surface area (Å²) in [4.78, 5) is 4.33. The van der Waals surface area contributed by atoms with Gasteiger partial charge in [-0.1, -0.05) is 23.2 Å². The van der Waals surface area contributed by atoms with Crippen LogP contribution in [0.5, 0.6) is 0 Å². The summed E-state index contributed by atoms with van der Waals surface area (Å²) in [6.07, 6.45) is 3.01. The van der Waals surface area contributed by atoms with E-state index in [1.165, 1.54) is 11.1 Å². The first kappa shape index (κ1) is 20.5. The van der Waals surface area contributed by atoms with Gasteiger partial charge in [0.05, 0.1) is 17.3 Å². The zero-order valence-electron chi connectivity index (χ0n) is 16.1. The number of nitrogens with zero attached hydrogens (tertiary/aromatic N) is 2. The number of hydrogen-bond acceptors (Lipinski definition) is 4. The third-order valence-corrected chi connectivity index (χ3v) is 5.64. The van der Waals surface area contributed by atoms with E-state index in [9.17, 15) is 0 Å². The molecule has 3 rings (SSSR count). The summed E-state index contributed by atoms with van der Waals surface area (Å²) in [5.74, 6) is 1.10. The van der Waals surface area contributed by atoms with E-state index in [1.54, 1.807) is 7.05 Å². The van der Waals surface area contributed by atoms with Crippen molar-refractivity contribution in [2.45, 2.75) is 45.3 Å². The fourth-order valence-corrected chi connectivity index (χ4v) is 4.59. The molecule has 1 aliphatic carbocycles. The Bertz CT molecular complexity index is 693. The van der Waals surface area contributed by atoms with Gasteiger partial charge in [-0.3, -0.25) is 15.4 Å². The molecule has 1 aromatic rings. The number of anilines is 1. The smallest absolute Gasteiger partial charge is 0.210 e. The molecule has 1 unspecified atom stereocenters. The summed E-state index contributed by atoms with van der Waals surface area (Å²) in [5, 5.41) is 6.81. The van der Waals surface area contributed by atoms with Gasteiger partial charge in [0.1, 0.15) is 0 Å². The van der Waals surface area contributed by atoms with E-state index in [4.69, 9.17) is 32.7 Å². The number of hydrogen-bond donors (Lipinski definition) is 2. The van der Waals surface area contributed by atoms with Gasteiger partial charge >= 0.3 is 0 Å². The minimum absolute atomic E-state index is 0.312.